The zero-order chi connectivity index (χ0) is 14.3. The molecule has 0 saturated heterocycles. The van der Waals surface area contributed by atoms with Gasteiger partial charge in [-0.15, -0.1) is 0 Å². The first-order valence-corrected chi connectivity index (χ1v) is 7.70. The second kappa shape index (κ2) is 4.91. The number of fused-ring (bicyclic) bond motifs is 1. The van der Waals surface area contributed by atoms with Crippen LogP contribution in [0.1, 0.15) is 16.9 Å². The van der Waals surface area contributed by atoms with Crippen LogP contribution in [0.25, 0.3) is 11.0 Å². The van der Waals surface area contributed by atoms with Gasteiger partial charge in [0.1, 0.15) is 11.3 Å². The Morgan fingerprint density at radius 3 is 2.50 bits per heavy atom. The molecule has 3 rings (SSSR count). The Morgan fingerprint density at radius 1 is 1.00 bits per heavy atom. The summed E-state index contributed by atoms with van der Waals surface area (Å²) in [6, 6.07) is 13.8. The predicted molar refractivity (Wildman–Crippen MR) is 81.5 cm³/mol. The van der Waals surface area contributed by atoms with Gasteiger partial charge in [-0.1, -0.05) is 29.8 Å². The maximum absolute atomic E-state index is 12.9. The molecule has 0 bridgehead atoms. The molecule has 0 aliphatic carbocycles. The van der Waals surface area contributed by atoms with Gasteiger partial charge in [0, 0.05) is 10.3 Å². The summed E-state index contributed by atoms with van der Waals surface area (Å²) in [4.78, 5) is 1.64. The molecule has 0 radical (unpaired) electrons. The van der Waals surface area contributed by atoms with Gasteiger partial charge < -0.3 is 4.42 Å². The monoisotopic (exact) mass is 284 g/mol. The van der Waals surface area contributed by atoms with Gasteiger partial charge in [0.2, 0.25) is 0 Å². The average molecular weight is 284 g/mol. The first-order valence-electron chi connectivity index (χ1n) is 6.55. The molecule has 1 aromatic heterocycles. The Bertz CT molecular complexity index is 815. The molecule has 0 unspecified atom stereocenters. The van der Waals surface area contributed by atoms with Crippen molar-refractivity contribution in [3.8, 4) is 0 Å². The third kappa shape index (κ3) is 2.08. The van der Waals surface area contributed by atoms with Crippen LogP contribution in [0.5, 0.6) is 0 Å². The number of rotatable bonds is 2. The Hall–Kier alpha value is -1.87. The lowest BCUT2D eigenvalue weighted by atomic mass is 10.2. The van der Waals surface area contributed by atoms with E-state index >= 15 is 0 Å². The van der Waals surface area contributed by atoms with Gasteiger partial charge in [0.05, 0.1) is 15.7 Å². The van der Waals surface area contributed by atoms with Crippen LogP contribution in [0, 0.1) is 20.8 Å². The van der Waals surface area contributed by atoms with E-state index in [1.165, 1.54) is 0 Å². The van der Waals surface area contributed by atoms with Crippen molar-refractivity contribution in [1.29, 1.82) is 0 Å². The summed E-state index contributed by atoms with van der Waals surface area (Å²) in [5.74, 6) is 0.729. The third-order valence-electron chi connectivity index (χ3n) is 3.44. The molecule has 2 nitrogen and oxygen atoms in total. The van der Waals surface area contributed by atoms with Crippen molar-refractivity contribution in [3.63, 3.8) is 0 Å². The first kappa shape index (κ1) is 13.1. The minimum absolute atomic E-state index is 0.729. The van der Waals surface area contributed by atoms with E-state index in [-0.39, 0.29) is 0 Å². The molecular formula is C17H16O2S. The minimum Gasteiger partial charge on any atom is -0.460 e. The topological polar surface area (TPSA) is 30.2 Å². The smallest absolute Gasteiger partial charge is 0.135 e. The van der Waals surface area contributed by atoms with Crippen LogP contribution >= 0.6 is 0 Å². The molecule has 3 heteroatoms. The van der Waals surface area contributed by atoms with Gasteiger partial charge in [0.25, 0.3) is 0 Å². The van der Waals surface area contributed by atoms with E-state index in [9.17, 15) is 4.21 Å². The highest BCUT2D eigenvalue weighted by atomic mass is 32.2. The zero-order valence-corrected chi connectivity index (χ0v) is 12.6. The standard InChI is InChI=1S/C17H16O2S/c1-11-8-9-15-14(10-11)17(13(3)19-15)20(18)16-7-5-4-6-12(16)2/h4-10H,1-3H3/t20-/m0/s1. The average Bonchev–Trinajstić information content (AvgIpc) is 2.74. The van der Waals surface area contributed by atoms with Crippen molar-refractivity contribution in [2.24, 2.45) is 0 Å². The largest absolute Gasteiger partial charge is 0.460 e. The molecule has 0 aliphatic rings. The van der Waals surface area contributed by atoms with Crippen molar-refractivity contribution in [2.45, 2.75) is 30.6 Å². The van der Waals surface area contributed by atoms with Gasteiger partial charge in [-0.3, -0.25) is 0 Å². The fourth-order valence-corrected chi connectivity index (χ4v) is 3.86. The van der Waals surface area contributed by atoms with Crippen LogP contribution in [0.2, 0.25) is 0 Å². The van der Waals surface area contributed by atoms with E-state index in [4.69, 9.17) is 4.42 Å². The highest BCUT2D eigenvalue weighted by molar-refractivity contribution is 7.85. The minimum atomic E-state index is -1.22. The van der Waals surface area contributed by atoms with E-state index < -0.39 is 10.8 Å². The molecule has 0 saturated carbocycles. The molecule has 1 heterocycles. The summed E-state index contributed by atoms with van der Waals surface area (Å²) in [5, 5.41) is 0.948. The summed E-state index contributed by atoms with van der Waals surface area (Å²) in [6.07, 6.45) is 0. The summed E-state index contributed by atoms with van der Waals surface area (Å²) in [6.45, 7) is 5.89. The van der Waals surface area contributed by atoms with Gasteiger partial charge in [-0.25, -0.2) is 4.21 Å². The molecule has 0 aliphatic heterocycles. The van der Waals surface area contributed by atoms with Crippen LogP contribution in [0.15, 0.2) is 56.7 Å². The van der Waals surface area contributed by atoms with Crippen LogP contribution in [-0.2, 0) is 10.8 Å². The highest BCUT2D eigenvalue weighted by Crippen LogP contribution is 2.32. The van der Waals surface area contributed by atoms with Crippen molar-refractivity contribution < 1.29 is 8.63 Å². The highest BCUT2D eigenvalue weighted by Gasteiger charge is 2.19. The van der Waals surface area contributed by atoms with Gasteiger partial charge in [0.15, 0.2) is 0 Å². The molecule has 0 amide bonds. The zero-order valence-electron chi connectivity index (χ0n) is 11.8. The molecular weight excluding hydrogens is 268 g/mol. The number of hydrogen-bond donors (Lipinski definition) is 0. The van der Waals surface area contributed by atoms with Crippen molar-refractivity contribution in [1.82, 2.24) is 0 Å². The Kier molecular flexibility index (Phi) is 3.22. The lowest BCUT2D eigenvalue weighted by Crippen LogP contribution is -1.96. The molecule has 20 heavy (non-hydrogen) atoms. The van der Waals surface area contributed by atoms with E-state index in [1.54, 1.807) is 0 Å². The summed E-state index contributed by atoms with van der Waals surface area (Å²) < 4.78 is 18.7. The fourth-order valence-electron chi connectivity index (χ4n) is 2.42. The van der Waals surface area contributed by atoms with Crippen LogP contribution < -0.4 is 0 Å². The summed E-state index contributed by atoms with van der Waals surface area (Å²) in [7, 11) is -1.22. The van der Waals surface area contributed by atoms with Gasteiger partial charge >= 0.3 is 0 Å². The van der Waals surface area contributed by atoms with Crippen molar-refractivity contribution in [2.75, 3.05) is 0 Å². The summed E-state index contributed by atoms with van der Waals surface area (Å²) in [5.41, 5.74) is 2.97. The first-order chi connectivity index (χ1) is 9.58. The van der Waals surface area contributed by atoms with Gasteiger partial charge in [-0.05, 0) is 44.5 Å². The predicted octanol–water partition coefficient (Wildman–Crippen LogP) is 4.52. The quantitative estimate of drug-likeness (QED) is 0.692. The normalized spacial score (nSPS) is 12.8. The van der Waals surface area contributed by atoms with E-state index in [1.807, 2.05) is 63.2 Å². The van der Waals surface area contributed by atoms with E-state index in [0.717, 1.165) is 37.6 Å². The second-order valence-corrected chi connectivity index (χ2v) is 6.41. The maximum Gasteiger partial charge on any atom is 0.135 e. The van der Waals surface area contributed by atoms with Crippen LogP contribution in [-0.4, -0.2) is 4.21 Å². The number of aryl methyl sites for hydroxylation is 3. The molecule has 102 valence electrons. The van der Waals surface area contributed by atoms with E-state index in [0.29, 0.717) is 0 Å². The Labute approximate surface area is 120 Å². The number of furan rings is 1. The fraction of sp³-hybridized carbons (Fsp3) is 0.176. The molecule has 0 spiro atoms. The van der Waals surface area contributed by atoms with Gasteiger partial charge in [-0.2, -0.15) is 0 Å². The molecule has 0 N–H and O–H groups in total. The van der Waals surface area contributed by atoms with Crippen LogP contribution in [0.3, 0.4) is 0 Å². The maximum atomic E-state index is 12.9. The van der Waals surface area contributed by atoms with Crippen LogP contribution in [0.4, 0.5) is 0 Å². The molecule has 2 aromatic carbocycles. The third-order valence-corrected chi connectivity index (χ3v) is 5.18. The summed E-state index contributed by atoms with van der Waals surface area (Å²) >= 11 is 0. The Balaban J connectivity index is 2.24. The molecule has 0 fully saturated rings. The Morgan fingerprint density at radius 2 is 1.75 bits per heavy atom. The lowest BCUT2D eigenvalue weighted by Gasteiger charge is -2.05. The van der Waals surface area contributed by atoms with E-state index in [2.05, 4.69) is 0 Å². The number of benzene rings is 2. The van der Waals surface area contributed by atoms with Crippen molar-refractivity contribution >= 4 is 21.8 Å². The molecule has 3 aromatic rings. The SMILES string of the molecule is Cc1ccc2oc(C)c([S@@](=O)c3ccccc3C)c2c1. The molecule has 1 atom stereocenters. The van der Waals surface area contributed by atoms with Crippen molar-refractivity contribution in [3.05, 3.63) is 59.4 Å². The second-order valence-electron chi connectivity index (χ2n) is 5.02. The lowest BCUT2D eigenvalue weighted by molar-refractivity contribution is 0.566. The number of hydrogen-bond acceptors (Lipinski definition) is 2.